The van der Waals surface area contributed by atoms with Gasteiger partial charge in [-0.3, -0.25) is 9.78 Å². The number of aryl methyl sites for hydroxylation is 1. The Labute approximate surface area is 113 Å². The van der Waals surface area contributed by atoms with Crippen molar-refractivity contribution in [2.24, 2.45) is 0 Å². The van der Waals surface area contributed by atoms with Gasteiger partial charge in [0.1, 0.15) is 0 Å². The lowest BCUT2D eigenvalue weighted by molar-refractivity contribution is 0.0935. The van der Waals surface area contributed by atoms with Gasteiger partial charge < -0.3 is 5.32 Å². The minimum Gasteiger partial charge on any atom is -0.345 e. The van der Waals surface area contributed by atoms with Gasteiger partial charge in [-0.25, -0.2) is 0 Å². The van der Waals surface area contributed by atoms with Crippen LogP contribution >= 0.6 is 0 Å². The average molecular weight is 254 g/mol. The number of carbonyl (C=O) groups is 1. The molecule has 0 aliphatic rings. The van der Waals surface area contributed by atoms with E-state index in [-0.39, 0.29) is 11.9 Å². The van der Waals surface area contributed by atoms with E-state index in [1.165, 1.54) is 5.56 Å². The molecule has 0 saturated heterocycles. The first kappa shape index (κ1) is 13.3. The molecule has 1 unspecified atom stereocenters. The van der Waals surface area contributed by atoms with Crippen molar-refractivity contribution in [1.29, 1.82) is 0 Å². The third-order valence-electron chi connectivity index (χ3n) is 3.12. The lowest BCUT2D eigenvalue weighted by Gasteiger charge is -2.17. The zero-order valence-corrected chi connectivity index (χ0v) is 11.3. The first-order chi connectivity index (χ1) is 9.20. The molecule has 1 heterocycles. The molecule has 0 spiro atoms. The van der Waals surface area contributed by atoms with E-state index >= 15 is 0 Å². The topological polar surface area (TPSA) is 42.0 Å². The van der Waals surface area contributed by atoms with Gasteiger partial charge in [0.2, 0.25) is 0 Å². The number of benzene rings is 1. The minimum absolute atomic E-state index is 0.0355. The molecule has 98 valence electrons. The number of hydrogen-bond donors (Lipinski definition) is 1. The van der Waals surface area contributed by atoms with Crippen LogP contribution in [0.25, 0.3) is 0 Å². The fourth-order valence-electron chi connectivity index (χ4n) is 1.96. The molecule has 0 fully saturated rings. The van der Waals surface area contributed by atoms with Gasteiger partial charge in [-0.05, 0) is 31.0 Å². The molecule has 3 heteroatoms. The van der Waals surface area contributed by atoms with E-state index in [0.717, 1.165) is 12.0 Å². The molecular formula is C16H18N2O. The Balaban J connectivity index is 2.11. The average Bonchev–Trinajstić information content (AvgIpc) is 2.46. The SMILES string of the molecule is CCC(NC(=O)c1cccnc1)c1ccc(C)cc1. The molecule has 0 saturated carbocycles. The Kier molecular flexibility index (Phi) is 4.29. The Morgan fingerprint density at radius 2 is 2.00 bits per heavy atom. The highest BCUT2D eigenvalue weighted by Gasteiger charge is 2.13. The second-order valence-electron chi connectivity index (χ2n) is 4.59. The summed E-state index contributed by atoms with van der Waals surface area (Å²) in [4.78, 5) is 16.1. The Morgan fingerprint density at radius 3 is 2.58 bits per heavy atom. The van der Waals surface area contributed by atoms with Crippen molar-refractivity contribution in [2.45, 2.75) is 26.3 Å². The van der Waals surface area contributed by atoms with Gasteiger partial charge in [0, 0.05) is 12.4 Å². The third-order valence-corrected chi connectivity index (χ3v) is 3.12. The molecule has 19 heavy (non-hydrogen) atoms. The van der Waals surface area contributed by atoms with Crippen LogP contribution in [0, 0.1) is 6.92 Å². The van der Waals surface area contributed by atoms with Gasteiger partial charge >= 0.3 is 0 Å². The van der Waals surface area contributed by atoms with Gasteiger partial charge in [0.05, 0.1) is 11.6 Å². The monoisotopic (exact) mass is 254 g/mol. The number of pyridine rings is 1. The largest absolute Gasteiger partial charge is 0.345 e. The molecular weight excluding hydrogens is 236 g/mol. The van der Waals surface area contributed by atoms with E-state index in [1.54, 1.807) is 24.5 Å². The lowest BCUT2D eigenvalue weighted by Crippen LogP contribution is -2.28. The molecule has 1 aromatic heterocycles. The Morgan fingerprint density at radius 1 is 1.26 bits per heavy atom. The summed E-state index contributed by atoms with van der Waals surface area (Å²) in [5.41, 5.74) is 2.94. The molecule has 2 rings (SSSR count). The normalized spacial score (nSPS) is 11.9. The maximum absolute atomic E-state index is 12.1. The van der Waals surface area contributed by atoms with Gasteiger partial charge in [-0.1, -0.05) is 36.8 Å². The summed E-state index contributed by atoms with van der Waals surface area (Å²) in [5, 5.41) is 3.04. The maximum atomic E-state index is 12.1. The highest BCUT2D eigenvalue weighted by atomic mass is 16.1. The van der Waals surface area contributed by atoms with Crippen LogP contribution in [0.5, 0.6) is 0 Å². The van der Waals surface area contributed by atoms with Crippen LogP contribution in [-0.2, 0) is 0 Å². The first-order valence-corrected chi connectivity index (χ1v) is 6.48. The molecule has 0 radical (unpaired) electrons. The molecule has 1 N–H and O–H groups in total. The highest BCUT2D eigenvalue weighted by Crippen LogP contribution is 2.17. The number of amides is 1. The summed E-state index contributed by atoms with van der Waals surface area (Å²) in [6, 6.07) is 11.8. The second kappa shape index (κ2) is 6.14. The van der Waals surface area contributed by atoms with Crippen LogP contribution in [0.4, 0.5) is 0 Å². The Hall–Kier alpha value is -2.16. The highest BCUT2D eigenvalue weighted by molar-refractivity contribution is 5.94. The summed E-state index contributed by atoms with van der Waals surface area (Å²) in [6.07, 6.45) is 4.10. The first-order valence-electron chi connectivity index (χ1n) is 6.48. The van der Waals surface area contributed by atoms with Gasteiger partial charge in [0.25, 0.3) is 5.91 Å². The van der Waals surface area contributed by atoms with Crippen LogP contribution in [-0.4, -0.2) is 10.9 Å². The second-order valence-corrected chi connectivity index (χ2v) is 4.59. The summed E-state index contributed by atoms with van der Waals surface area (Å²) < 4.78 is 0. The van der Waals surface area contributed by atoms with Crippen molar-refractivity contribution in [1.82, 2.24) is 10.3 Å². The molecule has 0 bridgehead atoms. The molecule has 2 aromatic rings. The Bertz CT molecular complexity index is 534. The fraction of sp³-hybridized carbons (Fsp3) is 0.250. The van der Waals surface area contributed by atoms with Gasteiger partial charge in [-0.2, -0.15) is 0 Å². The number of aromatic nitrogens is 1. The van der Waals surface area contributed by atoms with Crippen molar-refractivity contribution < 1.29 is 4.79 Å². The number of nitrogens with zero attached hydrogens (tertiary/aromatic N) is 1. The zero-order chi connectivity index (χ0) is 13.7. The van der Waals surface area contributed by atoms with Crippen molar-refractivity contribution in [3.05, 3.63) is 65.5 Å². The number of hydrogen-bond acceptors (Lipinski definition) is 2. The zero-order valence-electron chi connectivity index (χ0n) is 11.3. The van der Waals surface area contributed by atoms with E-state index in [9.17, 15) is 4.79 Å². The van der Waals surface area contributed by atoms with Crippen molar-refractivity contribution in [3.8, 4) is 0 Å². The van der Waals surface area contributed by atoms with Crippen LogP contribution in [0.15, 0.2) is 48.8 Å². The van der Waals surface area contributed by atoms with Gasteiger partial charge in [0.15, 0.2) is 0 Å². The number of carbonyl (C=O) groups excluding carboxylic acids is 1. The van der Waals surface area contributed by atoms with E-state index < -0.39 is 0 Å². The fourth-order valence-corrected chi connectivity index (χ4v) is 1.96. The molecule has 1 amide bonds. The molecule has 0 aliphatic carbocycles. The summed E-state index contributed by atoms with van der Waals surface area (Å²) in [5.74, 6) is -0.0828. The van der Waals surface area contributed by atoms with Crippen LogP contribution in [0.3, 0.4) is 0 Å². The quantitative estimate of drug-likeness (QED) is 0.909. The van der Waals surface area contributed by atoms with Crippen molar-refractivity contribution in [2.75, 3.05) is 0 Å². The predicted molar refractivity (Wildman–Crippen MR) is 75.9 cm³/mol. The van der Waals surface area contributed by atoms with Crippen LogP contribution < -0.4 is 5.32 Å². The van der Waals surface area contributed by atoms with E-state index in [0.29, 0.717) is 5.56 Å². The van der Waals surface area contributed by atoms with Crippen molar-refractivity contribution in [3.63, 3.8) is 0 Å². The summed E-state index contributed by atoms with van der Waals surface area (Å²) in [6.45, 7) is 4.12. The lowest BCUT2D eigenvalue weighted by atomic mass is 10.0. The minimum atomic E-state index is -0.0828. The molecule has 1 aromatic carbocycles. The van der Waals surface area contributed by atoms with E-state index in [4.69, 9.17) is 0 Å². The van der Waals surface area contributed by atoms with Crippen LogP contribution in [0.2, 0.25) is 0 Å². The molecule has 0 aliphatic heterocycles. The maximum Gasteiger partial charge on any atom is 0.253 e. The molecule has 3 nitrogen and oxygen atoms in total. The summed E-state index contributed by atoms with van der Waals surface area (Å²) in [7, 11) is 0. The third kappa shape index (κ3) is 3.41. The van der Waals surface area contributed by atoms with Crippen LogP contribution in [0.1, 0.15) is 40.9 Å². The van der Waals surface area contributed by atoms with E-state index in [2.05, 4.69) is 48.4 Å². The molecule has 1 atom stereocenters. The van der Waals surface area contributed by atoms with Gasteiger partial charge in [-0.15, -0.1) is 0 Å². The van der Waals surface area contributed by atoms with E-state index in [1.807, 2.05) is 0 Å². The number of nitrogens with one attached hydrogen (secondary N) is 1. The smallest absolute Gasteiger partial charge is 0.253 e. The van der Waals surface area contributed by atoms with Crippen molar-refractivity contribution >= 4 is 5.91 Å². The standard InChI is InChI=1S/C16H18N2O/c1-3-15(13-8-6-12(2)7-9-13)18-16(19)14-5-4-10-17-11-14/h4-11,15H,3H2,1-2H3,(H,18,19). The summed E-state index contributed by atoms with van der Waals surface area (Å²) >= 11 is 0. The number of rotatable bonds is 4. The predicted octanol–water partition coefficient (Wildman–Crippen LogP) is 3.27.